The molecule has 4 rings (SSSR count). The van der Waals surface area contributed by atoms with Crippen molar-refractivity contribution in [2.24, 2.45) is 0 Å². The first kappa shape index (κ1) is 22.1. The van der Waals surface area contributed by atoms with Gasteiger partial charge in [0, 0.05) is 18.5 Å². The predicted molar refractivity (Wildman–Crippen MR) is 123 cm³/mol. The number of benzene rings is 2. The van der Waals surface area contributed by atoms with Crippen molar-refractivity contribution >= 4 is 5.97 Å². The third-order valence-electron chi connectivity index (χ3n) is 6.01. The van der Waals surface area contributed by atoms with Gasteiger partial charge in [-0.15, -0.1) is 0 Å². The van der Waals surface area contributed by atoms with Crippen LogP contribution in [0.2, 0.25) is 0 Å². The van der Waals surface area contributed by atoms with Gasteiger partial charge in [0.25, 0.3) is 0 Å². The zero-order valence-electron chi connectivity index (χ0n) is 18.7. The number of nitrogens with zero attached hydrogens (tertiary/aromatic N) is 2. The van der Waals surface area contributed by atoms with E-state index in [0.29, 0.717) is 25.5 Å². The van der Waals surface area contributed by atoms with Crippen LogP contribution < -0.4 is 4.74 Å². The van der Waals surface area contributed by atoms with E-state index in [1.165, 1.54) is 5.56 Å². The summed E-state index contributed by atoms with van der Waals surface area (Å²) >= 11 is 0. The molecule has 1 aliphatic heterocycles. The van der Waals surface area contributed by atoms with Gasteiger partial charge < -0.3 is 14.3 Å². The van der Waals surface area contributed by atoms with Crippen molar-refractivity contribution in [2.45, 2.75) is 52.1 Å². The lowest BCUT2D eigenvalue weighted by atomic mass is 10.0. The highest BCUT2D eigenvalue weighted by Gasteiger charge is 2.28. The maximum Gasteiger partial charge on any atom is 0.320 e. The Morgan fingerprint density at radius 3 is 2.59 bits per heavy atom. The summed E-state index contributed by atoms with van der Waals surface area (Å²) in [5, 5.41) is 9.45. The fourth-order valence-electron chi connectivity index (χ4n) is 4.13. The smallest absolute Gasteiger partial charge is 0.320 e. The summed E-state index contributed by atoms with van der Waals surface area (Å²) in [6.45, 7) is 5.97. The molecular formula is C26H30N2O4. The molecule has 0 spiro atoms. The third-order valence-corrected chi connectivity index (χ3v) is 6.01. The van der Waals surface area contributed by atoms with Gasteiger partial charge in [-0.05, 0) is 63.1 Å². The van der Waals surface area contributed by atoms with Crippen molar-refractivity contribution in [1.29, 1.82) is 0 Å². The third kappa shape index (κ3) is 5.37. The van der Waals surface area contributed by atoms with Gasteiger partial charge in [0.15, 0.2) is 0 Å². The van der Waals surface area contributed by atoms with E-state index in [1.807, 2.05) is 43.3 Å². The zero-order chi connectivity index (χ0) is 22.5. The van der Waals surface area contributed by atoms with Crippen molar-refractivity contribution in [3.05, 3.63) is 71.1 Å². The van der Waals surface area contributed by atoms with Crippen molar-refractivity contribution < 1.29 is 19.1 Å². The van der Waals surface area contributed by atoms with E-state index in [4.69, 9.17) is 9.15 Å². The second-order valence-electron chi connectivity index (χ2n) is 8.45. The number of hydrogen-bond donors (Lipinski definition) is 1. The molecule has 1 saturated heterocycles. The molecule has 1 aliphatic rings. The van der Waals surface area contributed by atoms with Crippen LogP contribution in [0.1, 0.15) is 41.8 Å². The van der Waals surface area contributed by atoms with E-state index in [1.54, 1.807) is 0 Å². The summed E-state index contributed by atoms with van der Waals surface area (Å²) in [6.07, 6.45) is 3.43. The fourth-order valence-corrected chi connectivity index (χ4v) is 4.13. The lowest BCUT2D eigenvalue weighted by Crippen LogP contribution is -2.43. The molecule has 2 heterocycles. The van der Waals surface area contributed by atoms with Crippen molar-refractivity contribution in [3.63, 3.8) is 0 Å². The number of ether oxygens (including phenoxy) is 1. The molecule has 2 aromatic carbocycles. The molecule has 0 saturated carbocycles. The Balaban J connectivity index is 1.30. The number of aromatic nitrogens is 1. The first-order valence-corrected chi connectivity index (χ1v) is 11.2. The van der Waals surface area contributed by atoms with Gasteiger partial charge in [0.1, 0.15) is 17.6 Å². The molecule has 1 N–H and O–H groups in total. The Bertz CT molecular complexity index is 1040. The number of piperidine rings is 1. The van der Waals surface area contributed by atoms with Crippen molar-refractivity contribution in [3.8, 4) is 17.2 Å². The fraction of sp³-hybridized carbons (Fsp3) is 0.385. The number of carbonyl (C=O) groups is 1. The molecule has 32 heavy (non-hydrogen) atoms. The Hall–Kier alpha value is -3.12. The van der Waals surface area contributed by atoms with E-state index in [0.717, 1.165) is 54.1 Å². The molecule has 3 aromatic rings. The summed E-state index contributed by atoms with van der Waals surface area (Å²) in [5.41, 5.74) is 4.18. The number of likely N-dealkylation sites (tertiary alicyclic amines) is 1. The number of aliphatic carboxylic acids is 1. The highest BCUT2D eigenvalue weighted by molar-refractivity contribution is 5.73. The maximum atomic E-state index is 11.5. The average molecular weight is 435 g/mol. The minimum Gasteiger partial charge on any atom is -0.493 e. The molecule has 1 fully saturated rings. The highest BCUT2D eigenvalue weighted by atomic mass is 16.5. The molecule has 0 radical (unpaired) electrons. The van der Waals surface area contributed by atoms with Crippen LogP contribution in [-0.4, -0.2) is 40.2 Å². The van der Waals surface area contributed by atoms with Crippen LogP contribution in [0.4, 0.5) is 0 Å². The molecule has 0 amide bonds. The predicted octanol–water partition coefficient (Wildman–Crippen LogP) is 5.02. The van der Waals surface area contributed by atoms with Gasteiger partial charge in [-0.1, -0.05) is 36.2 Å². The zero-order valence-corrected chi connectivity index (χ0v) is 18.7. The monoisotopic (exact) mass is 434 g/mol. The Labute approximate surface area is 188 Å². The van der Waals surface area contributed by atoms with Crippen LogP contribution in [0.25, 0.3) is 11.5 Å². The quantitative estimate of drug-likeness (QED) is 0.537. The first-order chi connectivity index (χ1) is 15.5. The van der Waals surface area contributed by atoms with E-state index < -0.39 is 5.97 Å². The van der Waals surface area contributed by atoms with Crippen LogP contribution in [0.3, 0.4) is 0 Å². The Kier molecular flexibility index (Phi) is 6.90. The SMILES string of the molecule is Cc1ccc(-c2nc(CCOc3ccc(CN4CCCCC4C(=O)O)cc3)c(C)o2)cc1. The molecule has 0 bridgehead atoms. The molecule has 1 unspecified atom stereocenters. The summed E-state index contributed by atoms with van der Waals surface area (Å²) in [5.74, 6) is 1.52. The van der Waals surface area contributed by atoms with Gasteiger partial charge in [0.2, 0.25) is 5.89 Å². The summed E-state index contributed by atoms with van der Waals surface area (Å²) < 4.78 is 11.8. The number of oxazole rings is 1. The normalized spacial score (nSPS) is 16.8. The van der Waals surface area contributed by atoms with Crippen molar-refractivity contribution in [2.75, 3.05) is 13.2 Å². The molecule has 1 aromatic heterocycles. The van der Waals surface area contributed by atoms with Gasteiger partial charge in [-0.3, -0.25) is 9.69 Å². The first-order valence-electron chi connectivity index (χ1n) is 11.2. The van der Waals surface area contributed by atoms with Gasteiger partial charge in [0.05, 0.1) is 12.3 Å². The second kappa shape index (κ2) is 10.0. The van der Waals surface area contributed by atoms with Crippen LogP contribution in [0.15, 0.2) is 52.9 Å². The number of hydrogen-bond acceptors (Lipinski definition) is 5. The van der Waals surface area contributed by atoms with E-state index in [9.17, 15) is 9.90 Å². The summed E-state index contributed by atoms with van der Waals surface area (Å²) in [7, 11) is 0. The molecule has 168 valence electrons. The van der Waals surface area contributed by atoms with Crippen LogP contribution in [0.5, 0.6) is 5.75 Å². The van der Waals surface area contributed by atoms with Gasteiger partial charge in [-0.2, -0.15) is 0 Å². The van der Waals surface area contributed by atoms with E-state index >= 15 is 0 Å². The van der Waals surface area contributed by atoms with Crippen LogP contribution >= 0.6 is 0 Å². The average Bonchev–Trinajstić information content (AvgIpc) is 3.16. The standard InChI is InChI=1S/C26H30N2O4/c1-18-6-10-21(11-7-18)25-27-23(19(2)32-25)14-16-31-22-12-8-20(9-13-22)17-28-15-4-3-5-24(28)26(29)30/h6-13,24H,3-5,14-17H2,1-2H3,(H,29,30). The van der Waals surface area contributed by atoms with Crippen molar-refractivity contribution in [1.82, 2.24) is 9.88 Å². The number of carboxylic acid groups (broad SMARTS) is 1. The minimum absolute atomic E-state index is 0.379. The lowest BCUT2D eigenvalue weighted by Gasteiger charge is -2.32. The minimum atomic E-state index is -0.724. The number of rotatable bonds is 8. The maximum absolute atomic E-state index is 11.5. The highest BCUT2D eigenvalue weighted by Crippen LogP contribution is 2.23. The number of carboxylic acids is 1. The molecular weight excluding hydrogens is 404 g/mol. The van der Waals surface area contributed by atoms with E-state index in [2.05, 4.69) is 28.9 Å². The summed E-state index contributed by atoms with van der Waals surface area (Å²) in [6, 6.07) is 15.7. The topological polar surface area (TPSA) is 75.8 Å². The summed E-state index contributed by atoms with van der Waals surface area (Å²) in [4.78, 5) is 18.2. The molecule has 1 atom stereocenters. The van der Waals surface area contributed by atoms with Gasteiger partial charge in [-0.25, -0.2) is 4.98 Å². The molecule has 6 heteroatoms. The van der Waals surface area contributed by atoms with Crippen LogP contribution in [0, 0.1) is 13.8 Å². The number of aryl methyl sites for hydroxylation is 2. The lowest BCUT2D eigenvalue weighted by molar-refractivity contribution is -0.144. The largest absolute Gasteiger partial charge is 0.493 e. The molecule has 6 nitrogen and oxygen atoms in total. The second-order valence-corrected chi connectivity index (χ2v) is 8.45. The van der Waals surface area contributed by atoms with Gasteiger partial charge >= 0.3 is 5.97 Å². The van der Waals surface area contributed by atoms with E-state index in [-0.39, 0.29) is 6.04 Å². The Morgan fingerprint density at radius 2 is 1.88 bits per heavy atom. The van der Waals surface area contributed by atoms with Crippen LogP contribution in [-0.2, 0) is 17.8 Å². The Morgan fingerprint density at radius 1 is 1.12 bits per heavy atom. The molecule has 0 aliphatic carbocycles.